The smallest absolute Gasteiger partial charge is 0.240 e. The number of aliphatic hydroxyl groups excluding tert-OH is 2. The maximum atomic E-state index is 12.6. The molecule has 0 fully saturated rings. The lowest BCUT2D eigenvalue weighted by Gasteiger charge is -2.22. The number of carbonyl (C=O) groups excluding carboxylic acids is 1. The molecule has 2 aromatic rings. The second-order valence-corrected chi connectivity index (χ2v) is 10.3. The van der Waals surface area contributed by atoms with Gasteiger partial charge in [0.15, 0.2) is 0 Å². The average Bonchev–Trinajstić information content (AvgIpc) is 3.08. The molecular formula is C24H32N2O5S. The second kappa shape index (κ2) is 10.6. The van der Waals surface area contributed by atoms with E-state index in [2.05, 4.69) is 17.0 Å². The van der Waals surface area contributed by atoms with E-state index >= 15 is 0 Å². The largest absolute Gasteiger partial charge is 0.392 e. The summed E-state index contributed by atoms with van der Waals surface area (Å²) in [6, 6.07) is 13.8. The van der Waals surface area contributed by atoms with Crippen molar-refractivity contribution in [2.45, 2.75) is 62.7 Å². The summed E-state index contributed by atoms with van der Waals surface area (Å²) in [4.78, 5) is 12.8. The molecule has 4 N–H and O–H groups in total. The number of aryl methyl sites for hydroxylation is 1. The first kappa shape index (κ1) is 24.4. The van der Waals surface area contributed by atoms with E-state index in [4.69, 9.17) is 0 Å². The van der Waals surface area contributed by atoms with Gasteiger partial charge in [-0.25, -0.2) is 13.1 Å². The number of aliphatic hydroxyl groups is 2. The van der Waals surface area contributed by atoms with Crippen LogP contribution in [0.5, 0.6) is 0 Å². The number of hydrogen-bond donors (Lipinski definition) is 4. The lowest BCUT2D eigenvalue weighted by molar-refractivity contribution is -0.127. The fourth-order valence-corrected chi connectivity index (χ4v) is 5.13. The lowest BCUT2D eigenvalue weighted by atomic mass is 10.0. The Bertz CT molecular complexity index is 1020. The predicted molar refractivity (Wildman–Crippen MR) is 122 cm³/mol. The Labute approximate surface area is 189 Å². The number of fused-ring (bicyclic) bond motifs is 1. The summed E-state index contributed by atoms with van der Waals surface area (Å²) in [5, 5.41) is 23.5. The molecule has 7 nitrogen and oxygen atoms in total. The number of carbonyl (C=O) groups is 1. The van der Waals surface area contributed by atoms with Crippen LogP contribution in [0.3, 0.4) is 0 Å². The predicted octanol–water partition coefficient (Wildman–Crippen LogP) is 2.08. The van der Waals surface area contributed by atoms with Gasteiger partial charge in [-0.05, 0) is 41.7 Å². The summed E-state index contributed by atoms with van der Waals surface area (Å²) in [6.07, 6.45) is 0.729. The van der Waals surface area contributed by atoms with Crippen LogP contribution in [-0.4, -0.2) is 43.3 Å². The van der Waals surface area contributed by atoms with Gasteiger partial charge in [0.05, 0.1) is 23.1 Å². The minimum atomic E-state index is -3.75. The van der Waals surface area contributed by atoms with E-state index in [9.17, 15) is 23.4 Å². The molecule has 2 aromatic carbocycles. The molecule has 0 radical (unpaired) electrons. The minimum absolute atomic E-state index is 0.0915. The molecule has 32 heavy (non-hydrogen) atoms. The van der Waals surface area contributed by atoms with Crippen molar-refractivity contribution in [3.8, 4) is 0 Å². The van der Waals surface area contributed by atoms with Crippen LogP contribution in [0.25, 0.3) is 0 Å². The molecule has 0 spiro atoms. The Kier molecular flexibility index (Phi) is 8.05. The van der Waals surface area contributed by atoms with Gasteiger partial charge in [-0.1, -0.05) is 56.7 Å². The van der Waals surface area contributed by atoms with Crippen molar-refractivity contribution in [2.75, 3.05) is 6.54 Å². The first-order chi connectivity index (χ1) is 15.2. The van der Waals surface area contributed by atoms with Crippen molar-refractivity contribution in [3.63, 3.8) is 0 Å². The van der Waals surface area contributed by atoms with Gasteiger partial charge in [0.25, 0.3) is 0 Å². The first-order valence-corrected chi connectivity index (χ1v) is 12.5. The molecule has 0 aliphatic heterocycles. The molecule has 0 saturated heterocycles. The van der Waals surface area contributed by atoms with Crippen molar-refractivity contribution in [1.29, 1.82) is 0 Å². The van der Waals surface area contributed by atoms with Crippen molar-refractivity contribution < 1.29 is 23.4 Å². The van der Waals surface area contributed by atoms with E-state index in [0.717, 1.165) is 29.5 Å². The Morgan fingerprint density at radius 1 is 1.16 bits per heavy atom. The van der Waals surface area contributed by atoms with E-state index in [1.165, 1.54) is 0 Å². The lowest BCUT2D eigenvalue weighted by Crippen LogP contribution is -2.39. The van der Waals surface area contributed by atoms with E-state index in [0.29, 0.717) is 6.42 Å². The fourth-order valence-electron chi connectivity index (χ4n) is 4.06. The van der Waals surface area contributed by atoms with Crippen molar-refractivity contribution in [2.24, 2.45) is 5.92 Å². The molecule has 3 rings (SSSR count). The van der Waals surface area contributed by atoms with E-state index in [1.54, 1.807) is 31.2 Å². The topological polar surface area (TPSA) is 116 Å². The highest BCUT2D eigenvalue weighted by atomic mass is 32.2. The molecule has 1 aliphatic carbocycles. The van der Waals surface area contributed by atoms with Gasteiger partial charge < -0.3 is 15.5 Å². The molecular weight excluding hydrogens is 428 g/mol. The number of hydrogen-bond acceptors (Lipinski definition) is 5. The molecule has 0 heterocycles. The van der Waals surface area contributed by atoms with Gasteiger partial charge in [0.2, 0.25) is 15.9 Å². The van der Waals surface area contributed by atoms with Crippen molar-refractivity contribution in [1.82, 2.24) is 10.0 Å². The highest BCUT2D eigenvalue weighted by molar-refractivity contribution is 7.89. The number of rotatable bonds is 10. The second-order valence-electron chi connectivity index (χ2n) is 8.49. The summed E-state index contributed by atoms with van der Waals surface area (Å²) in [6.45, 7) is 3.54. The third-order valence-electron chi connectivity index (χ3n) is 5.86. The summed E-state index contributed by atoms with van der Waals surface area (Å²) in [7, 11) is -3.75. The quantitative estimate of drug-likeness (QED) is 0.433. The molecule has 4 atom stereocenters. The Balaban J connectivity index is 1.51. The SMILES string of the molecule is CCCc1ccc(S(=O)(=O)NCC(O)CC(C)C(=O)NC2c3ccccc3CC2O)cc1. The Hall–Kier alpha value is -2.26. The third-order valence-corrected chi connectivity index (χ3v) is 7.30. The molecule has 4 unspecified atom stereocenters. The van der Waals surface area contributed by atoms with Crippen LogP contribution in [0, 0.1) is 5.92 Å². The highest BCUT2D eigenvalue weighted by Gasteiger charge is 2.33. The maximum Gasteiger partial charge on any atom is 0.240 e. The van der Waals surface area contributed by atoms with Crippen LogP contribution in [0.4, 0.5) is 0 Å². The number of amides is 1. The first-order valence-electron chi connectivity index (χ1n) is 11.0. The monoisotopic (exact) mass is 460 g/mol. The third kappa shape index (κ3) is 5.95. The van der Waals surface area contributed by atoms with Crippen LogP contribution in [0.15, 0.2) is 53.4 Å². The zero-order chi connectivity index (χ0) is 23.3. The van der Waals surface area contributed by atoms with Gasteiger partial charge >= 0.3 is 0 Å². The minimum Gasteiger partial charge on any atom is -0.392 e. The highest BCUT2D eigenvalue weighted by Crippen LogP contribution is 2.31. The summed E-state index contributed by atoms with van der Waals surface area (Å²) in [5.74, 6) is -0.845. The van der Waals surface area contributed by atoms with E-state index < -0.39 is 34.2 Å². The van der Waals surface area contributed by atoms with Crippen LogP contribution in [-0.2, 0) is 27.7 Å². The zero-order valence-electron chi connectivity index (χ0n) is 18.5. The molecule has 1 amide bonds. The molecule has 0 bridgehead atoms. The summed E-state index contributed by atoms with van der Waals surface area (Å²) in [5.41, 5.74) is 2.98. The molecule has 8 heteroatoms. The fraction of sp³-hybridized carbons (Fsp3) is 0.458. The van der Waals surface area contributed by atoms with Crippen LogP contribution >= 0.6 is 0 Å². The molecule has 1 aliphatic rings. The van der Waals surface area contributed by atoms with Crippen molar-refractivity contribution in [3.05, 3.63) is 65.2 Å². The zero-order valence-corrected chi connectivity index (χ0v) is 19.3. The maximum absolute atomic E-state index is 12.6. The number of nitrogens with one attached hydrogen (secondary N) is 2. The average molecular weight is 461 g/mol. The number of sulfonamides is 1. The number of benzene rings is 2. The Morgan fingerprint density at radius 3 is 2.53 bits per heavy atom. The van der Waals surface area contributed by atoms with Crippen molar-refractivity contribution >= 4 is 15.9 Å². The van der Waals surface area contributed by atoms with Gasteiger partial charge in [-0.2, -0.15) is 0 Å². The standard InChI is InChI=1S/C24H32N2O5S/c1-3-6-17-9-11-20(12-10-17)32(30,31)25-15-19(27)13-16(2)24(29)26-23-21-8-5-4-7-18(21)14-22(23)28/h4-5,7-12,16,19,22-23,25,27-28H,3,6,13-15H2,1-2H3,(H,26,29). The molecule has 174 valence electrons. The summed E-state index contributed by atoms with van der Waals surface area (Å²) < 4.78 is 27.4. The van der Waals surface area contributed by atoms with E-state index in [1.807, 2.05) is 24.3 Å². The van der Waals surface area contributed by atoms with Gasteiger partial charge in [-0.15, -0.1) is 0 Å². The molecule has 0 saturated carbocycles. The van der Waals surface area contributed by atoms with Crippen LogP contribution < -0.4 is 10.0 Å². The Morgan fingerprint density at radius 2 is 1.84 bits per heavy atom. The van der Waals surface area contributed by atoms with Crippen LogP contribution in [0.1, 0.15) is 49.4 Å². The normalized spacial score (nSPS) is 19.9. The van der Waals surface area contributed by atoms with E-state index in [-0.39, 0.29) is 23.8 Å². The van der Waals surface area contributed by atoms with Crippen LogP contribution in [0.2, 0.25) is 0 Å². The van der Waals surface area contributed by atoms with Gasteiger partial charge in [0, 0.05) is 18.9 Å². The summed E-state index contributed by atoms with van der Waals surface area (Å²) >= 11 is 0. The molecule has 0 aromatic heterocycles. The van der Waals surface area contributed by atoms with Gasteiger partial charge in [-0.3, -0.25) is 4.79 Å². The van der Waals surface area contributed by atoms with Gasteiger partial charge in [0.1, 0.15) is 0 Å².